The predicted octanol–water partition coefficient (Wildman–Crippen LogP) is 2.32. The predicted molar refractivity (Wildman–Crippen MR) is 109 cm³/mol. The van der Waals surface area contributed by atoms with Gasteiger partial charge in [-0.3, -0.25) is 9.36 Å². The fraction of sp³-hybridized carbons (Fsp3) is 0.286. The summed E-state index contributed by atoms with van der Waals surface area (Å²) in [5.41, 5.74) is 1.87. The summed E-state index contributed by atoms with van der Waals surface area (Å²) in [6.07, 6.45) is 0.0606. The van der Waals surface area contributed by atoms with Crippen LogP contribution >= 0.6 is 0 Å². The SMILES string of the molecule is COc1ccc(CC(=O)N=Nc2c(O)n(C[NH+](C)C)c3ccccc23)cc1OC. The Kier molecular flexibility index (Phi) is 6.13. The fourth-order valence-corrected chi connectivity index (χ4v) is 3.15. The molecule has 0 atom stereocenters. The maximum absolute atomic E-state index is 12.3. The first-order valence-electron chi connectivity index (χ1n) is 9.19. The van der Waals surface area contributed by atoms with Gasteiger partial charge in [0.25, 0.3) is 5.91 Å². The quantitative estimate of drug-likeness (QED) is 0.599. The molecule has 0 saturated carbocycles. The molecule has 0 saturated heterocycles. The van der Waals surface area contributed by atoms with E-state index in [0.717, 1.165) is 21.4 Å². The standard InChI is InChI=1S/C21H24N4O4/c1-24(2)13-25-16-8-6-5-7-15(16)20(21(25)27)23-22-19(26)12-14-9-10-17(28-3)18(11-14)29-4/h5-11,27H,12-13H2,1-4H3/p+1. The van der Waals surface area contributed by atoms with E-state index in [1.54, 1.807) is 29.9 Å². The van der Waals surface area contributed by atoms with Crippen LogP contribution in [0.4, 0.5) is 5.69 Å². The van der Waals surface area contributed by atoms with Gasteiger partial charge < -0.3 is 19.5 Å². The first-order chi connectivity index (χ1) is 13.9. The van der Waals surface area contributed by atoms with E-state index in [0.29, 0.717) is 23.9 Å². The molecule has 3 aromatic rings. The molecule has 1 heterocycles. The number of nitrogens with one attached hydrogen (secondary N) is 1. The van der Waals surface area contributed by atoms with Crippen molar-refractivity contribution in [1.82, 2.24) is 4.57 Å². The number of nitrogens with zero attached hydrogens (tertiary/aromatic N) is 3. The molecule has 0 fully saturated rings. The van der Waals surface area contributed by atoms with Gasteiger partial charge in [-0.25, -0.2) is 0 Å². The van der Waals surface area contributed by atoms with E-state index >= 15 is 0 Å². The van der Waals surface area contributed by atoms with Gasteiger partial charge in [0.05, 0.1) is 40.3 Å². The van der Waals surface area contributed by atoms with E-state index in [-0.39, 0.29) is 12.3 Å². The molecule has 0 spiro atoms. The number of benzene rings is 2. The number of aromatic nitrogens is 1. The highest BCUT2D eigenvalue weighted by molar-refractivity contribution is 5.95. The fourth-order valence-electron chi connectivity index (χ4n) is 3.15. The van der Waals surface area contributed by atoms with Crippen molar-refractivity contribution in [3.8, 4) is 17.4 Å². The second-order valence-electron chi connectivity index (χ2n) is 6.94. The molecule has 3 rings (SSSR count). The number of ether oxygens (including phenoxy) is 2. The molecular weight excluding hydrogens is 372 g/mol. The van der Waals surface area contributed by atoms with E-state index in [9.17, 15) is 9.90 Å². The molecule has 152 valence electrons. The highest BCUT2D eigenvalue weighted by atomic mass is 16.5. The molecule has 0 bridgehead atoms. The minimum Gasteiger partial charge on any atom is -0.493 e. The number of quaternary nitrogens is 1. The monoisotopic (exact) mass is 397 g/mol. The first-order valence-corrected chi connectivity index (χ1v) is 9.19. The molecule has 8 heteroatoms. The van der Waals surface area contributed by atoms with Gasteiger partial charge >= 0.3 is 0 Å². The number of hydrogen-bond donors (Lipinski definition) is 2. The van der Waals surface area contributed by atoms with Crippen LogP contribution in [0.3, 0.4) is 0 Å². The van der Waals surface area contributed by atoms with Gasteiger partial charge in [0.2, 0.25) is 5.88 Å². The smallest absolute Gasteiger partial charge is 0.269 e. The van der Waals surface area contributed by atoms with Crippen LogP contribution < -0.4 is 14.4 Å². The zero-order chi connectivity index (χ0) is 21.0. The Morgan fingerprint density at radius 1 is 1.10 bits per heavy atom. The molecule has 2 N–H and O–H groups in total. The molecule has 0 radical (unpaired) electrons. The Hall–Kier alpha value is -3.39. The van der Waals surface area contributed by atoms with Gasteiger partial charge in [-0.2, -0.15) is 0 Å². The third-order valence-corrected chi connectivity index (χ3v) is 4.46. The number of azo groups is 1. The Balaban J connectivity index is 1.85. The number of carbonyl (C=O) groups excluding carboxylic acids is 1. The number of aromatic hydroxyl groups is 1. The van der Waals surface area contributed by atoms with Crippen molar-refractivity contribution in [2.45, 2.75) is 13.1 Å². The lowest BCUT2D eigenvalue weighted by Gasteiger charge is -2.10. The largest absolute Gasteiger partial charge is 0.493 e. The lowest BCUT2D eigenvalue weighted by atomic mass is 10.1. The van der Waals surface area contributed by atoms with Gasteiger partial charge in [-0.1, -0.05) is 24.3 Å². The third kappa shape index (κ3) is 4.38. The second-order valence-corrected chi connectivity index (χ2v) is 6.94. The van der Waals surface area contributed by atoms with Crippen molar-refractivity contribution in [3.63, 3.8) is 0 Å². The van der Waals surface area contributed by atoms with E-state index in [1.165, 1.54) is 7.11 Å². The highest BCUT2D eigenvalue weighted by Gasteiger charge is 2.18. The lowest BCUT2D eigenvalue weighted by Crippen LogP contribution is -3.04. The molecule has 29 heavy (non-hydrogen) atoms. The summed E-state index contributed by atoms with van der Waals surface area (Å²) in [4.78, 5) is 13.5. The Morgan fingerprint density at radius 2 is 1.83 bits per heavy atom. The molecular formula is C21H25N4O4+. The molecule has 1 aromatic heterocycles. The van der Waals surface area contributed by atoms with Crippen LogP contribution in [-0.2, 0) is 17.9 Å². The zero-order valence-electron chi connectivity index (χ0n) is 17.0. The lowest BCUT2D eigenvalue weighted by molar-refractivity contribution is -0.882. The van der Waals surface area contributed by atoms with E-state index in [1.807, 2.05) is 38.4 Å². The Bertz CT molecular complexity index is 1060. The van der Waals surface area contributed by atoms with Crippen molar-refractivity contribution in [2.24, 2.45) is 10.2 Å². The minimum atomic E-state index is -0.424. The number of para-hydroxylation sites is 1. The van der Waals surface area contributed by atoms with E-state index < -0.39 is 5.91 Å². The summed E-state index contributed by atoms with van der Waals surface area (Å²) < 4.78 is 12.2. The van der Waals surface area contributed by atoms with Gasteiger partial charge in [0.1, 0.15) is 0 Å². The van der Waals surface area contributed by atoms with Gasteiger partial charge in [0.15, 0.2) is 23.9 Å². The Labute approximate surface area is 169 Å². The van der Waals surface area contributed by atoms with Crippen LogP contribution in [0.5, 0.6) is 17.4 Å². The van der Waals surface area contributed by atoms with Crippen LogP contribution in [-0.4, -0.2) is 43.9 Å². The van der Waals surface area contributed by atoms with E-state index in [2.05, 4.69) is 10.2 Å². The second kappa shape index (κ2) is 8.74. The first kappa shape index (κ1) is 20.3. The van der Waals surface area contributed by atoms with Gasteiger partial charge in [0, 0.05) is 5.39 Å². The summed E-state index contributed by atoms with van der Waals surface area (Å²) in [6, 6.07) is 12.8. The van der Waals surface area contributed by atoms with Crippen LogP contribution in [0.25, 0.3) is 10.9 Å². The van der Waals surface area contributed by atoms with Crippen molar-refractivity contribution >= 4 is 22.5 Å². The van der Waals surface area contributed by atoms with Crippen LogP contribution in [0.1, 0.15) is 5.56 Å². The van der Waals surface area contributed by atoms with Crippen LogP contribution in [0, 0.1) is 0 Å². The summed E-state index contributed by atoms with van der Waals surface area (Å²) in [5.74, 6) is 0.703. The van der Waals surface area contributed by atoms with Crippen LogP contribution in [0.15, 0.2) is 52.7 Å². The maximum Gasteiger partial charge on any atom is 0.269 e. The number of methoxy groups -OCH3 is 2. The molecule has 8 nitrogen and oxygen atoms in total. The Morgan fingerprint density at radius 3 is 2.52 bits per heavy atom. The summed E-state index contributed by atoms with van der Waals surface area (Å²) in [6.45, 7) is 0.557. The zero-order valence-corrected chi connectivity index (χ0v) is 17.0. The molecule has 0 aliphatic carbocycles. The molecule has 0 aliphatic rings. The van der Waals surface area contributed by atoms with Crippen LogP contribution in [0.2, 0.25) is 0 Å². The normalized spacial score (nSPS) is 11.5. The van der Waals surface area contributed by atoms with Gasteiger partial charge in [-0.15, -0.1) is 10.2 Å². The van der Waals surface area contributed by atoms with E-state index in [4.69, 9.17) is 9.47 Å². The minimum absolute atomic E-state index is 0.00457. The van der Waals surface area contributed by atoms with Crippen molar-refractivity contribution < 1.29 is 24.3 Å². The average molecular weight is 397 g/mol. The summed E-state index contributed by atoms with van der Waals surface area (Å²) >= 11 is 0. The number of hydrogen-bond acceptors (Lipinski definition) is 5. The number of fused-ring (bicyclic) bond motifs is 1. The summed E-state index contributed by atoms with van der Waals surface area (Å²) in [7, 11) is 7.07. The summed E-state index contributed by atoms with van der Waals surface area (Å²) in [5, 5.41) is 19.3. The molecule has 0 unspecified atom stereocenters. The van der Waals surface area contributed by atoms with Gasteiger partial charge in [-0.05, 0) is 23.8 Å². The molecule has 1 amide bonds. The maximum atomic E-state index is 12.3. The third-order valence-electron chi connectivity index (χ3n) is 4.46. The highest BCUT2D eigenvalue weighted by Crippen LogP contribution is 2.38. The van der Waals surface area contributed by atoms with Crippen molar-refractivity contribution in [1.29, 1.82) is 0 Å². The van der Waals surface area contributed by atoms with Crippen molar-refractivity contribution in [2.75, 3.05) is 28.3 Å². The molecule has 0 aliphatic heterocycles. The van der Waals surface area contributed by atoms with Crippen molar-refractivity contribution in [3.05, 3.63) is 48.0 Å². The molecule has 2 aromatic carbocycles. The number of carbonyl (C=O) groups is 1. The number of amides is 1. The number of rotatable bonds is 7. The average Bonchev–Trinajstić information content (AvgIpc) is 2.97. The topological polar surface area (TPSA) is 89.9 Å².